The molecule has 1 saturated heterocycles. The van der Waals surface area contributed by atoms with Crippen molar-refractivity contribution in [2.45, 2.75) is 19.3 Å². The van der Waals surface area contributed by atoms with Crippen molar-refractivity contribution in [3.8, 4) is 11.4 Å². The number of hydrogen-bond donors (Lipinski definition) is 0. The molecule has 2 heterocycles. The van der Waals surface area contributed by atoms with E-state index in [0.29, 0.717) is 16.7 Å². The Bertz CT molecular complexity index is 1270. The van der Waals surface area contributed by atoms with Crippen LogP contribution in [0.3, 0.4) is 0 Å². The lowest BCUT2D eigenvalue weighted by Gasteiger charge is -2.28. The molecule has 0 unspecified atom stereocenters. The molecule has 0 N–H and O–H groups in total. The predicted molar refractivity (Wildman–Crippen MR) is 127 cm³/mol. The maximum atomic E-state index is 13.2. The van der Waals surface area contributed by atoms with E-state index < -0.39 is 0 Å². The van der Waals surface area contributed by atoms with Crippen molar-refractivity contribution in [2.75, 3.05) is 18.0 Å². The minimum absolute atomic E-state index is 0.175. The molecule has 154 valence electrons. The van der Waals surface area contributed by atoms with Gasteiger partial charge in [-0.15, -0.1) is 0 Å². The number of aromatic nitrogens is 2. The van der Waals surface area contributed by atoms with Gasteiger partial charge in [-0.2, -0.15) is 9.78 Å². The molecule has 1 aliphatic heterocycles. The van der Waals surface area contributed by atoms with E-state index in [9.17, 15) is 4.79 Å². The molecule has 3 aromatic carbocycles. The van der Waals surface area contributed by atoms with Crippen LogP contribution in [-0.2, 0) is 0 Å². The van der Waals surface area contributed by atoms with Crippen LogP contribution in [0, 0.1) is 0 Å². The monoisotopic (exact) mass is 408 g/mol. The number of fused-ring (bicyclic) bond motifs is 1. The smallest absolute Gasteiger partial charge is 0.282 e. The molecule has 0 amide bonds. The number of hydrogen-bond acceptors (Lipinski definition) is 4. The largest absolute Gasteiger partial charge is 0.372 e. The van der Waals surface area contributed by atoms with Crippen LogP contribution in [0.1, 0.15) is 24.8 Å². The number of piperidine rings is 1. The maximum absolute atomic E-state index is 13.2. The summed E-state index contributed by atoms with van der Waals surface area (Å²) in [6.45, 7) is 2.23. The van der Waals surface area contributed by atoms with Gasteiger partial charge in [0.2, 0.25) is 0 Å². The highest BCUT2D eigenvalue weighted by Gasteiger charge is 2.12. The van der Waals surface area contributed by atoms with Crippen molar-refractivity contribution < 1.29 is 0 Å². The lowest BCUT2D eigenvalue weighted by molar-refractivity contribution is 0.578. The number of anilines is 1. The zero-order chi connectivity index (χ0) is 21.0. The van der Waals surface area contributed by atoms with Gasteiger partial charge in [0, 0.05) is 24.3 Å². The Morgan fingerprint density at radius 3 is 2.29 bits per heavy atom. The minimum Gasteiger partial charge on any atom is -0.372 e. The number of rotatable bonds is 4. The molecule has 1 fully saturated rings. The third-order valence-electron chi connectivity index (χ3n) is 5.72. The first-order valence-corrected chi connectivity index (χ1v) is 10.8. The summed E-state index contributed by atoms with van der Waals surface area (Å²) in [6.07, 6.45) is 5.55. The molecular formula is C26H24N4O. The Hall–Kier alpha value is -3.73. The molecule has 5 heteroatoms. The van der Waals surface area contributed by atoms with Gasteiger partial charge in [-0.25, -0.2) is 4.98 Å². The lowest BCUT2D eigenvalue weighted by Crippen LogP contribution is -2.29. The second-order valence-corrected chi connectivity index (χ2v) is 7.82. The van der Waals surface area contributed by atoms with Crippen molar-refractivity contribution in [1.29, 1.82) is 0 Å². The Kier molecular flexibility index (Phi) is 5.31. The number of benzene rings is 3. The van der Waals surface area contributed by atoms with Crippen LogP contribution in [0.15, 0.2) is 88.8 Å². The van der Waals surface area contributed by atoms with Gasteiger partial charge in [-0.1, -0.05) is 54.6 Å². The minimum atomic E-state index is -0.175. The third kappa shape index (κ3) is 3.99. The average molecular weight is 409 g/mol. The zero-order valence-corrected chi connectivity index (χ0v) is 17.3. The highest BCUT2D eigenvalue weighted by molar-refractivity contribution is 5.82. The van der Waals surface area contributed by atoms with Crippen LogP contribution in [-0.4, -0.2) is 29.0 Å². The fraction of sp³-hybridized carbons (Fsp3) is 0.192. The van der Waals surface area contributed by atoms with E-state index >= 15 is 0 Å². The van der Waals surface area contributed by atoms with Gasteiger partial charge < -0.3 is 4.90 Å². The first-order chi connectivity index (χ1) is 15.3. The molecule has 5 nitrogen and oxygen atoms in total. The molecule has 4 aromatic rings. The van der Waals surface area contributed by atoms with Crippen LogP contribution >= 0.6 is 0 Å². The van der Waals surface area contributed by atoms with Crippen molar-refractivity contribution in [2.24, 2.45) is 5.10 Å². The van der Waals surface area contributed by atoms with Crippen LogP contribution in [0.25, 0.3) is 22.3 Å². The first kappa shape index (κ1) is 19.2. The zero-order valence-electron chi connectivity index (χ0n) is 17.3. The van der Waals surface area contributed by atoms with Gasteiger partial charge >= 0.3 is 0 Å². The summed E-state index contributed by atoms with van der Waals surface area (Å²) < 4.78 is 1.40. The molecule has 0 bridgehead atoms. The highest BCUT2D eigenvalue weighted by atomic mass is 16.1. The van der Waals surface area contributed by atoms with Gasteiger partial charge in [0.1, 0.15) is 0 Å². The van der Waals surface area contributed by atoms with E-state index in [1.165, 1.54) is 29.6 Å². The lowest BCUT2D eigenvalue weighted by atomic mass is 10.1. The fourth-order valence-electron chi connectivity index (χ4n) is 4.05. The summed E-state index contributed by atoms with van der Waals surface area (Å²) in [5, 5.41) is 5.10. The van der Waals surface area contributed by atoms with Gasteiger partial charge in [-0.3, -0.25) is 4.79 Å². The first-order valence-electron chi connectivity index (χ1n) is 10.8. The molecule has 1 aromatic heterocycles. The molecule has 0 atom stereocenters. The van der Waals surface area contributed by atoms with Crippen LogP contribution < -0.4 is 10.5 Å². The summed E-state index contributed by atoms with van der Waals surface area (Å²) >= 11 is 0. The van der Waals surface area contributed by atoms with E-state index in [1.807, 2.05) is 48.5 Å². The molecule has 0 saturated carbocycles. The quantitative estimate of drug-likeness (QED) is 0.450. The van der Waals surface area contributed by atoms with Gasteiger partial charge in [-0.05, 0) is 49.1 Å². The van der Waals surface area contributed by atoms with E-state index in [2.05, 4.69) is 34.3 Å². The van der Waals surface area contributed by atoms with Crippen molar-refractivity contribution in [1.82, 2.24) is 9.66 Å². The number of nitrogens with zero attached hydrogens (tertiary/aromatic N) is 4. The van der Waals surface area contributed by atoms with Crippen LogP contribution in [0.4, 0.5) is 5.69 Å². The molecule has 1 aliphatic rings. The second-order valence-electron chi connectivity index (χ2n) is 7.82. The normalized spacial score (nSPS) is 14.4. The summed E-state index contributed by atoms with van der Waals surface area (Å²) in [5.74, 6) is 0.533. The molecule has 0 radical (unpaired) electrons. The average Bonchev–Trinajstić information content (AvgIpc) is 2.85. The Morgan fingerprint density at radius 2 is 1.52 bits per heavy atom. The van der Waals surface area contributed by atoms with Gasteiger partial charge in [0.25, 0.3) is 5.56 Å². The highest BCUT2D eigenvalue weighted by Crippen LogP contribution is 2.21. The van der Waals surface area contributed by atoms with Crippen LogP contribution in [0.2, 0.25) is 0 Å². The van der Waals surface area contributed by atoms with E-state index in [4.69, 9.17) is 4.98 Å². The van der Waals surface area contributed by atoms with Crippen molar-refractivity contribution in [3.63, 3.8) is 0 Å². The molecule has 5 rings (SSSR count). The molecule has 0 aliphatic carbocycles. The predicted octanol–water partition coefficient (Wildman–Crippen LogP) is 4.94. The Balaban J connectivity index is 1.53. The van der Waals surface area contributed by atoms with Crippen molar-refractivity contribution in [3.05, 3.63) is 94.8 Å². The standard InChI is InChI=1S/C26H24N4O/c31-26-23-11-5-6-12-24(23)28-25(21-9-3-1-4-10-21)30(26)27-19-20-13-15-22(16-14-20)29-17-7-2-8-18-29/h1,3-6,9-16,19H,2,7-8,17-18H2. The van der Waals surface area contributed by atoms with E-state index in [-0.39, 0.29) is 5.56 Å². The van der Waals surface area contributed by atoms with Gasteiger partial charge in [0.05, 0.1) is 17.1 Å². The summed E-state index contributed by atoms with van der Waals surface area (Å²) in [7, 11) is 0. The SMILES string of the molecule is O=c1c2ccccc2nc(-c2ccccc2)n1N=Cc1ccc(N2CCCCC2)cc1. The van der Waals surface area contributed by atoms with Crippen molar-refractivity contribution >= 4 is 22.8 Å². The van der Waals surface area contributed by atoms with E-state index in [1.54, 1.807) is 12.3 Å². The molecule has 0 spiro atoms. The number of para-hydroxylation sites is 1. The summed E-state index contributed by atoms with van der Waals surface area (Å²) in [6, 6.07) is 25.4. The summed E-state index contributed by atoms with van der Waals surface area (Å²) in [4.78, 5) is 20.4. The second kappa shape index (κ2) is 8.56. The summed E-state index contributed by atoms with van der Waals surface area (Å²) in [5.41, 5.74) is 3.53. The molecule has 31 heavy (non-hydrogen) atoms. The Labute approximate surface area is 181 Å². The molecular weight excluding hydrogens is 384 g/mol. The Morgan fingerprint density at radius 1 is 0.806 bits per heavy atom. The van der Waals surface area contributed by atoms with Gasteiger partial charge in [0.15, 0.2) is 5.82 Å². The topological polar surface area (TPSA) is 50.5 Å². The van der Waals surface area contributed by atoms with Crippen LogP contribution in [0.5, 0.6) is 0 Å². The third-order valence-corrected chi connectivity index (χ3v) is 5.72. The maximum Gasteiger partial charge on any atom is 0.282 e. The fourth-order valence-corrected chi connectivity index (χ4v) is 4.05. The van der Waals surface area contributed by atoms with E-state index in [0.717, 1.165) is 24.2 Å².